The first-order valence-corrected chi connectivity index (χ1v) is 9.76. The molecule has 30 heavy (non-hydrogen) atoms. The Hall–Kier alpha value is -3.68. The molecule has 8 nitrogen and oxygen atoms in total. The molecule has 2 aromatic carbocycles. The fraction of sp³-hybridized carbons (Fsp3) is 0.273. The van der Waals surface area contributed by atoms with E-state index in [-0.39, 0.29) is 18.1 Å². The molecule has 0 aliphatic carbocycles. The highest BCUT2D eigenvalue weighted by Gasteiger charge is 2.29. The van der Waals surface area contributed by atoms with E-state index in [4.69, 9.17) is 9.73 Å². The second-order valence-corrected chi connectivity index (χ2v) is 7.02. The Bertz CT molecular complexity index is 1120. The lowest BCUT2D eigenvalue weighted by molar-refractivity contribution is -0.121. The number of phenolic OH excluding ortho intramolecular Hbond substituents is 1. The second kappa shape index (κ2) is 7.98. The van der Waals surface area contributed by atoms with Crippen molar-refractivity contribution < 1.29 is 14.6 Å². The molecule has 0 bridgehead atoms. The first kappa shape index (κ1) is 19.6. The first-order chi connectivity index (χ1) is 14.5. The highest BCUT2D eigenvalue weighted by atomic mass is 16.5. The number of nitrogens with zero attached hydrogens (tertiary/aromatic N) is 4. The molecule has 2 N–H and O–H groups in total. The normalized spacial score (nSPS) is 14.9. The Morgan fingerprint density at radius 3 is 2.67 bits per heavy atom. The molecule has 2 heterocycles. The summed E-state index contributed by atoms with van der Waals surface area (Å²) in [5, 5.41) is 21.2. The van der Waals surface area contributed by atoms with E-state index >= 15 is 0 Å². The molecule has 0 spiro atoms. The highest BCUT2D eigenvalue weighted by molar-refractivity contribution is 6.15. The number of aromatic hydroxyl groups is 1. The maximum Gasteiger partial charge on any atom is 0.222 e. The summed E-state index contributed by atoms with van der Waals surface area (Å²) in [7, 11) is 1.61. The van der Waals surface area contributed by atoms with Crippen molar-refractivity contribution in [3.05, 3.63) is 65.2 Å². The van der Waals surface area contributed by atoms with E-state index in [1.54, 1.807) is 31.4 Å². The number of phenols is 1. The van der Waals surface area contributed by atoms with Crippen molar-refractivity contribution in [2.75, 3.05) is 13.7 Å². The molecule has 0 saturated heterocycles. The van der Waals surface area contributed by atoms with Gasteiger partial charge in [-0.05, 0) is 56.3 Å². The third-order valence-electron chi connectivity index (χ3n) is 5.03. The lowest BCUT2D eigenvalue weighted by Gasteiger charge is -2.14. The number of amides is 1. The van der Waals surface area contributed by atoms with Crippen LogP contribution in [0.3, 0.4) is 0 Å². The van der Waals surface area contributed by atoms with Crippen molar-refractivity contribution in [3.63, 3.8) is 0 Å². The number of carbonyl (C=O) groups excluding carboxylic acids is 1. The van der Waals surface area contributed by atoms with E-state index in [9.17, 15) is 9.90 Å². The van der Waals surface area contributed by atoms with Gasteiger partial charge in [-0.2, -0.15) is 0 Å². The largest absolute Gasteiger partial charge is 0.508 e. The van der Waals surface area contributed by atoms with Gasteiger partial charge in [0.2, 0.25) is 5.91 Å². The number of aliphatic imine (C=N–C) groups is 1. The van der Waals surface area contributed by atoms with Crippen molar-refractivity contribution >= 4 is 11.6 Å². The fourth-order valence-corrected chi connectivity index (χ4v) is 3.63. The molecule has 3 aromatic rings. The molecular formula is C22H23N5O3. The van der Waals surface area contributed by atoms with Crippen LogP contribution in [0.4, 0.5) is 0 Å². The number of benzene rings is 2. The molecule has 0 fully saturated rings. The molecule has 1 unspecified atom stereocenters. The van der Waals surface area contributed by atoms with Crippen molar-refractivity contribution in [2.24, 2.45) is 4.99 Å². The maximum absolute atomic E-state index is 12.4. The SMILES string of the molecule is CCNC(=O)CC1N=C(c2ccc(O)cc2)c2cc(OC)ccc2-n2c(C)nnc21. The van der Waals surface area contributed by atoms with Crippen LogP contribution < -0.4 is 10.1 Å². The zero-order valence-electron chi connectivity index (χ0n) is 17.1. The summed E-state index contributed by atoms with van der Waals surface area (Å²) in [6.07, 6.45) is 0.151. The van der Waals surface area contributed by atoms with Crippen LogP contribution in [0.2, 0.25) is 0 Å². The van der Waals surface area contributed by atoms with Gasteiger partial charge < -0.3 is 15.2 Å². The van der Waals surface area contributed by atoms with Crippen molar-refractivity contribution in [3.8, 4) is 17.2 Å². The smallest absolute Gasteiger partial charge is 0.222 e. The van der Waals surface area contributed by atoms with Crippen LogP contribution in [0.25, 0.3) is 5.69 Å². The number of methoxy groups -OCH3 is 1. The number of rotatable bonds is 5. The lowest BCUT2D eigenvalue weighted by atomic mass is 9.99. The first-order valence-electron chi connectivity index (χ1n) is 9.76. The molecule has 0 radical (unpaired) electrons. The van der Waals surface area contributed by atoms with E-state index in [1.807, 2.05) is 36.6 Å². The third kappa shape index (κ3) is 3.52. The molecule has 154 valence electrons. The van der Waals surface area contributed by atoms with Crippen molar-refractivity contribution in [2.45, 2.75) is 26.3 Å². The Kier molecular flexibility index (Phi) is 5.22. The number of fused-ring (bicyclic) bond motifs is 3. The van der Waals surface area contributed by atoms with Crippen molar-refractivity contribution in [1.29, 1.82) is 0 Å². The maximum atomic E-state index is 12.4. The second-order valence-electron chi connectivity index (χ2n) is 7.02. The minimum Gasteiger partial charge on any atom is -0.508 e. The number of ether oxygens (including phenoxy) is 1. The molecule has 0 saturated carbocycles. The van der Waals surface area contributed by atoms with Gasteiger partial charge in [-0.15, -0.1) is 10.2 Å². The van der Waals surface area contributed by atoms with E-state index in [1.165, 1.54) is 0 Å². The lowest BCUT2D eigenvalue weighted by Crippen LogP contribution is -2.25. The highest BCUT2D eigenvalue weighted by Crippen LogP contribution is 2.34. The van der Waals surface area contributed by atoms with Crippen LogP contribution in [0, 0.1) is 6.92 Å². The Morgan fingerprint density at radius 2 is 1.97 bits per heavy atom. The van der Waals surface area contributed by atoms with Crippen LogP contribution in [0.15, 0.2) is 47.5 Å². The van der Waals surface area contributed by atoms with E-state index in [2.05, 4.69) is 15.5 Å². The zero-order valence-corrected chi connectivity index (χ0v) is 17.1. The van der Waals surface area contributed by atoms with E-state index in [0.717, 1.165) is 16.8 Å². The van der Waals surface area contributed by atoms with Crippen LogP contribution in [0.1, 0.15) is 42.2 Å². The molecule has 4 rings (SSSR count). The number of carbonyl (C=O) groups is 1. The molecular weight excluding hydrogens is 382 g/mol. The summed E-state index contributed by atoms with van der Waals surface area (Å²) >= 11 is 0. The van der Waals surface area contributed by atoms with Gasteiger partial charge in [0.25, 0.3) is 0 Å². The van der Waals surface area contributed by atoms with Gasteiger partial charge in [0, 0.05) is 17.7 Å². The summed E-state index contributed by atoms with van der Waals surface area (Å²) in [5.41, 5.74) is 3.21. The van der Waals surface area contributed by atoms with Crippen LogP contribution in [0.5, 0.6) is 11.5 Å². The Morgan fingerprint density at radius 1 is 1.20 bits per heavy atom. The predicted molar refractivity (Wildman–Crippen MR) is 112 cm³/mol. The summed E-state index contributed by atoms with van der Waals surface area (Å²) < 4.78 is 7.39. The average Bonchev–Trinajstić information content (AvgIpc) is 3.06. The number of aromatic nitrogens is 3. The Balaban J connectivity index is 1.96. The minimum atomic E-state index is -0.514. The van der Waals surface area contributed by atoms with Gasteiger partial charge in [0.05, 0.1) is 24.9 Å². The predicted octanol–water partition coefficient (Wildman–Crippen LogP) is 2.71. The molecule has 1 aliphatic rings. The quantitative estimate of drug-likeness (QED) is 0.680. The summed E-state index contributed by atoms with van der Waals surface area (Å²) in [6, 6.07) is 12.1. The van der Waals surface area contributed by atoms with Gasteiger partial charge in [0.15, 0.2) is 5.82 Å². The number of nitrogens with one attached hydrogen (secondary N) is 1. The molecule has 1 atom stereocenters. The van der Waals surface area contributed by atoms with Crippen molar-refractivity contribution in [1.82, 2.24) is 20.1 Å². The summed E-state index contributed by atoms with van der Waals surface area (Å²) in [5.74, 6) is 2.07. The molecule has 1 aliphatic heterocycles. The minimum absolute atomic E-state index is 0.105. The molecule has 8 heteroatoms. The van der Waals surface area contributed by atoms with Crippen LogP contribution >= 0.6 is 0 Å². The van der Waals surface area contributed by atoms with E-state index < -0.39 is 6.04 Å². The molecule has 1 amide bonds. The number of hydrogen-bond acceptors (Lipinski definition) is 6. The van der Waals surface area contributed by atoms with E-state index in [0.29, 0.717) is 29.7 Å². The monoisotopic (exact) mass is 405 g/mol. The summed E-state index contributed by atoms with van der Waals surface area (Å²) in [6.45, 7) is 4.30. The van der Waals surface area contributed by atoms with Crippen LogP contribution in [-0.4, -0.2) is 45.1 Å². The van der Waals surface area contributed by atoms with Gasteiger partial charge >= 0.3 is 0 Å². The van der Waals surface area contributed by atoms with Gasteiger partial charge in [0.1, 0.15) is 23.4 Å². The van der Waals surface area contributed by atoms with Crippen LogP contribution in [-0.2, 0) is 4.79 Å². The Labute approximate surface area is 174 Å². The van der Waals surface area contributed by atoms with Gasteiger partial charge in [-0.25, -0.2) is 0 Å². The average molecular weight is 405 g/mol. The fourth-order valence-electron chi connectivity index (χ4n) is 3.63. The topological polar surface area (TPSA) is 102 Å². The standard InChI is InChI=1S/C22H23N5O3/c1-4-23-20(29)12-18-22-26-25-13(2)27(22)19-10-9-16(30-3)11-17(19)21(24-18)14-5-7-15(28)8-6-14/h5-11,18,28H,4,12H2,1-3H3,(H,23,29). The van der Waals surface area contributed by atoms with Gasteiger partial charge in [-0.3, -0.25) is 14.4 Å². The number of aryl methyl sites for hydroxylation is 1. The third-order valence-corrected chi connectivity index (χ3v) is 5.03. The molecule has 1 aromatic heterocycles. The number of hydrogen-bond donors (Lipinski definition) is 2. The zero-order chi connectivity index (χ0) is 21.3. The van der Waals surface area contributed by atoms with Gasteiger partial charge in [-0.1, -0.05) is 0 Å². The summed E-state index contributed by atoms with van der Waals surface area (Å²) in [4.78, 5) is 17.4.